The molecule has 3 heterocycles. The molecule has 1 fully saturated rings. The molecule has 1 unspecified atom stereocenters. The molecule has 1 saturated heterocycles. The van der Waals surface area contributed by atoms with Crippen LogP contribution >= 0.6 is 0 Å². The van der Waals surface area contributed by atoms with E-state index in [1.165, 1.54) is 4.90 Å². The minimum Gasteiger partial charge on any atom is -0.507 e. The Bertz CT molecular complexity index is 1250. The number of aliphatic hydroxyl groups is 1. The van der Waals surface area contributed by atoms with Gasteiger partial charge in [0.05, 0.1) is 17.9 Å². The van der Waals surface area contributed by atoms with Gasteiger partial charge in [-0.1, -0.05) is 25.1 Å². The van der Waals surface area contributed by atoms with E-state index in [-0.39, 0.29) is 11.3 Å². The van der Waals surface area contributed by atoms with Crippen molar-refractivity contribution >= 4 is 23.1 Å². The van der Waals surface area contributed by atoms with Crippen LogP contribution in [0.15, 0.2) is 72.4 Å². The molecule has 6 heteroatoms. The molecule has 0 spiro atoms. The number of ether oxygens (including phenoxy) is 1. The molecule has 5 rings (SSSR count). The lowest BCUT2D eigenvalue weighted by Crippen LogP contribution is -2.29. The molecule has 6 nitrogen and oxygen atoms in total. The summed E-state index contributed by atoms with van der Waals surface area (Å²) in [5.41, 5.74) is 3.72. The standard InChI is InChI=1S/C27H24N2O4/c1-2-17-8-11-20(12-9-17)29-24(21-7-3-4-14-28-21)23(26(31)27(29)32)25(30)19-10-13-22-18(16-19)6-5-15-33-22/h3-4,7-14,16,24,30H,2,5-6,15H2,1H3/b25-23-. The number of amides is 1. The molecule has 3 aromatic rings. The summed E-state index contributed by atoms with van der Waals surface area (Å²) in [4.78, 5) is 32.3. The predicted octanol–water partition coefficient (Wildman–Crippen LogP) is 4.60. The fraction of sp³-hybridized carbons (Fsp3) is 0.222. The first-order valence-corrected chi connectivity index (χ1v) is 11.2. The Morgan fingerprint density at radius 3 is 2.67 bits per heavy atom. The average Bonchev–Trinajstić information content (AvgIpc) is 3.14. The summed E-state index contributed by atoms with van der Waals surface area (Å²) in [5, 5.41) is 11.3. The summed E-state index contributed by atoms with van der Waals surface area (Å²) in [5.74, 6) is -0.824. The minimum atomic E-state index is -0.828. The molecule has 1 atom stereocenters. The van der Waals surface area contributed by atoms with Gasteiger partial charge in [0.25, 0.3) is 11.7 Å². The van der Waals surface area contributed by atoms with Gasteiger partial charge < -0.3 is 9.84 Å². The zero-order valence-electron chi connectivity index (χ0n) is 18.3. The predicted molar refractivity (Wildman–Crippen MR) is 125 cm³/mol. The van der Waals surface area contributed by atoms with Crippen molar-refractivity contribution in [3.05, 3.63) is 94.8 Å². The Morgan fingerprint density at radius 2 is 1.94 bits per heavy atom. The highest BCUT2D eigenvalue weighted by molar-refractivity contribution is 6.51. The number of aliphatic hydroxyl groups excluding tert-OH is 1. The largest absolute Gasteiger partial charge is 0.507 e. The quantitative estimate of drug-likeness (QED) is 0.365. The number of rotatable bonds is 4. The number of hydrogen-bond donors (Lipinski definition) is 1. The number of nitrogens with zero attached hydrogens (tertiary/aromatic N) is 2. The minimum absolute atomic E-state index is 0.0370. The van der Waals surface area contributed by atoms with Crippen molar-refractivity contribution < 1.29 is 19.4 Å². The fourth-order valence-electron chi connectivity index (χ4n) is 4.47. The summed E-state index contributed by atoms with van der Waals surface area (Å²) in [6.07, 6.45) is 4.21. The van der Waals surface area contributed by atoms with Gasteiger partial charge in [0.15, 0.2) is 0 Å². The third kappa shape index (κ3) is 3.67. The van der Waals surface area contributed by atoms with Crippen molar-refractivity contribution in [1.29, 1.82) is 0 Å². The monoisotopic (exact) mass is 440 g/mol. The highest BCUT2D eigenvalue weighted by Crippen LogP contribution is 2.42. The smallest absolute Gasteiger partial charge is 0.300 e. The molecule has 1 N–H and O–H groups in total. The maximum atomic E-state index is 13.2. The van der Waals surface area contributed by atoms with Gasteiger partial charge in [0, 0.05) is 17.4 Å². The number of hydrogen-bond acceptors (Lipinski definition) is 5. The van der Waals surface area contributed by atoms with Crippen LogP contribution in [0.25, 0.3) is 5.76 Å². The molecule has 1 aromatic heterocycles. The number of Topliss-reactive ketones (excluding diaryl/α,β-unsaturated/α-hetero) is 1. The molecule has 0 saturated carbocycles. The van der Waals surface area contributed by atoms with Crippen LogP contribution in [0.5, 0.6) is 5.75 Å². The van der Waals surface area contributed by atoms with Crippen LogP contribution in [0.4, 0.5) is 5.69 Å². The molecular weight excluding hydrogens is 416 g/mol. The van der Waals surface area contributed by atoms with E-state index in [1.54, 1.807) is 36.5 Å². The molecule has 2 aromatic carbocycles. The van der Waals surface area contributed by atoms with Gasteiger partial charge in [0.2, 0.25) is 0 Å². The number of fused-ring (bicyclic) bond motifs is 1. The molecule has 166 valence electrons. The van der Waals surface area contributed by atoms with E-state index in [9.17, 15) is 14.7 Å². The number of aryl methyl sites for hydroxylation is 2. The van der Waals surface area contributed by atoms with Crippen LogP contribution in [0.3, 0.4) is 0 Å². The summed E-state index contributed by atoms with van der Waals surface area (Å²) >= 11 is 0. The molecule has 2 aliphatic heterocycles. The molecular formula is C27H24N2O4. The highest BCUT2D eigenvalue weighted by Gasteiger charge is 2.47. The van der Waals surface area contributed by atoms with Crippen LogP contribution < -0.4 is 9.64 Å². The van der Waals surface area contributed by atoms with Crippen molar-refractivity contribution in [1.82, 2.24) is 4.98 Å². The molecule has 2 aliphatic rings. The van der Waals surface area contributed by atoms with E-state index >= 15 is 0 Å². The third-order valence-corrected chi connectivity index (χ3v) is 6.22. The molecule has 0 bridgehead atoms. The zero-order valence-corrected chi connectivity index (χ0v) is 18.3. The van der Waals surface area contributed by atoms with E-state index in [4.69, 9.17) is 4.74 Å². The van der Waals surface area contributed by atoms with Crippen LogP contribution in [0, 0.1) is 0 Å². The Kier molecular flexibility index (Phi) is 5.42. The van der Waals surface area contributed by atoms with Crippen molar-refractivity contribution in [2.45, 2.75) is 32.2 Å². The average molecular weight is 440 g/mol. The van der Waals surface area contributed by atoms with Gasteiger partial charge in [0.1, 0.15) is 17.6 Å². The SMILES string of the molecule is CCc1ccc(N2C(=O)C(=O)/C(=C(\O)c3ccc4c(c3)CCCO4)C2c2ccccn2)cc1. The second-order valence-electron chi connectivity index (χ2n) is 8.22. The van der Waals surface area contributed by atoms with Crippen molar-refractivity contribution in [3.8, 4) is 5.75 Å². The van der Waals surface area contributed by atoms with Gasteiger partial charge >= 0.3 is 0 Å². The Balaban J connectivity index is 1.66. The van der Waals surface area contributed by atoms with Crippen LogP contribution in [0.2, 0.25) is 0 Å². The van der Waals surface area contributed by atoms with Crippen molar-refractivity contribution in [3.63, 3.8) is 0 Å². The van der Waals surface area contributed by atoms with Gasteiger partial charge in [-0.2, -0.15) is 0 Å². The summed E-state index contributed by atoms with van der Waals surface area (Å²) in [6.45, 7) is 2.72. The van der Waals surface area contributed by atoms with Crippen LogP contribution in [0.1, 0.15) is 41.8 Å². The lowest BCUT2D eigenvalue weighted by molar-refractivity contribution is -0.132. The Labute approximate surface area is 192 Å². The normalized spacial score (nSPS) is 19.3. The number of carbonyl (C=O) groups is 2. The molecule has 1 amide bonds. The summed E-state index contributed by atoms with van der Waals surface area (Å²) in [7, 11) is 0. The van der Waals surface area contributed by atoms with E-state index in [0.717, 1.165) is 36.1 Å². The maximum Gasteiger partial charge on any atom is 0.300 e. The van der Waals surface area contributed by atoms with Crippen molar-refractivity contribution in [2.24, 2.45) is 0 Å². The van der Waals surface area contributed by atoms with Gasteiger partial charge in [-0.15, -0.1) is 0 Å². The van der Waals surface area contributed by atoms with Gasteiger partial charge in [-0.3, -0.25) is 19.5 Å². The lowest BCUT2D eigenvalue weighted by Gasteiger charge is -2.25. The fourth-order valence-corrected chi connectivity index (χ4v) is 4.47. The first-order chi connectivity index (χ1) is 16.1. The van der Waals surface area contributed by atoms with Gasteiger partial charge in [-0.05, 0) is 72.9 Å². The topological polar surface area (TPSA) is 79.7 Å². The number of benzene rings is 2. The second kappa shape index (κ2) is 8.54. The summed E-state index contributed by atoms with van der Waals surface area (Å²) in [6, 6.07) is 17.4. The first-order valence-electron chi connectivity index (χ1n) is 11.2. The van der Waals surface area contributed by atoms with E-state index in [2.05, 4.69) is 11.9 Å². The second-order valence-corrected chi connectivity index (χ2v) is 8.22. The molecule has 33 heavy (non-hydrogen) atoms. The third-order valence-electron chi connectivity index (χ3n) is 6.22. The number of anilines is 1. The maximum absolute atomic E-state index is 13.2. The Morgan fingerprint density at radius 1 is 1.12 bits per heavy atom. The lowest BCUT2D eigenvalue weighted by atomic mass is 9.96. The Hall–Kier alpha value is -3.93. The first kappa shape index (κ1) is 20.9. The number of pyridine rings is 1. The van der Waals surface area contributed by atoms with Gasteiger partial charge in [-0.25, -0.2) is 0 Å². The van der Waals surface area contributed by atoms with E-state index < -0.39 is 17.7 Å². The van der Waals surface area contributed by atoms with E-state index in [0.29, 0.717) is 23.6 Å². The van der Waals surface area contributed by atoms with Crippen LogP contribution in [-0.4, -0.2) is 28.4 Å². The number of carbonyl (C=O) groups excluding carboxylic acids is 2. The molecule has 0 aliphatic carbocycles. The number of aromatic nitrogens is 1. The zero-order chi connectivity index (χ0) is 22.9. The number of ketones is 1. The summed E-state index contributed by atoms with van der Waals surface area (Å²) < 4.78 is 5.67. The molecule has 0 radical (unpaired) electrons. The van der Waals surface area contributed by atoms with E-state index in [1.807, 2.05) is 30.3 Å². The van der Waals surface area contributed by atoms with Crippen LogP contribution in [-0.2, 0) is 22.4 Å². The highest BCUT2D eigenvalue weighted by atomic mass is 16.5. The van der Waals surface area contributed by atoms with Crippen molar-refractivity contribution in [2.75, 3.05) is 11.5 Å².